The summed E-state index contributed by atoms with van der Waals surface area (Å²) in [5, 5.41) is 9.06. The number of halogens is 6. The first-order valence-electron chi connectivity index (χ1n) is 4.07. The number of aromatic hydroxyl groups is 1. The van der Waals surface area contributed by atoms with Gasteiger partial charge < -0.3 is 9.84 Å². The average molecular weight is 278 g/mol. The number of pyridine rings is 1. The normalized spacial score (nSPS) is 11.9. The van der Waals surface area contributed by atoms with Gasteiger partial charge in [-0.1, -0.05) is 0 Å². The maximum Gasteiger partial charge on any atom is 0.573 e. The van der Waals surface area contributed by atoms with Crippen LogP contribution < -0.4 is 4.74 Å². The van der Waals surface area contributed by atoms with Crippen LogP contribution in [0.3, 0.4) is 0 Å². The highest BCUT2D eigenvalue weighted by molar-refractivity contribution is 6.17. The largest absolute Gasteiger partial charge is 0.573 e. The summed E-state index contributed by atoms with van der Waals surface area (Å²) >= 11 is 5.26. The van der Waals surface area contributed by atoms with Crippen molar-refractivity contribution in [2.75, 3.05) is 0 Å². The third-order valence-corrected chi connectivity index (χ3v) is 1.95. The predicted molar refractivity (Wildman–Crippen MR) is 47.1 cm³/mol. The zero-order valence-corrected chi connectivity index (χ0v) is 8.69. The summed E-state index contributed by atoms with van der Waals surface area (Å²) < 4.78 is 64.4. The molecule has 1 rings (SSSR count). The van der Waals surface area contributed by atoms with Crippen LogP contribution in [0.25, 0.3) is 0 Å². The summed E-state index contributed by atoms with van der Waals surface area (Å²) in [6.07, 6.45) is -7.95. The maximum absolute atomic E-state index is 12.6. The molecule has 0 aromatic carbocycles. The molecule has 1 aromatic heterocycles. The third-order valence-electron chi connectivity index (χ3n) is 1.69. The van der Waals surface area contributed by atoms with Crippen molar-refractivity contribution < 1.29 is 31.8 Å². The molecule has 0 unspecified atom stereocenters. The van der Waals surface area contributed by atoms with Gasteiger partial charge in [0, 0.05) is 0 Å². The Morgan fingerprint density at radius 3 is 2.41 bits per heavy atom. The zero-order chi connectivity index (χ0) is 13.2. The van der Waals surface area contributed by atoms with Crippen LogP contribution >= 0.6 is 11.6 Å². The molecule has 0 aliphatic heterocycles. The maximum atomic E-state index is 12.6. The lowest BCUT2D eigenvalue weighted by molar-refractivity contribution is -0.275. The quantitative estimate of drug-likeness (QED) is 0.680. The van der Waals surface area contributed by atoms with E-state index in [-0.39, 0.29) is 0 Å². The molecule has 0 saturated heterocycles. The minimum atomic E-state index is -5.20. The number of nitrogens with zero attached hydrogens (tertiary/aromatic N) is 1. The molecule has 0 aliphatic rings. The van der Waals surface area contributed by atoms with E-state index in [9.17, 15) is 22.0 Å². The molecule has 0 amide bonds. The molecule has 0 spiro atoms. The van der Waals surface area contributed by atoms with Crippen LogP contribution in [0, 0.1) is 0 Å². The van der Waals surface area contributed by atoms with Crippen molar-refractivity contribution in [3.05, 3.63) is 17.5 Å². The van der Waals surface area contributed by atoms with E-state index in [0.29, 0.717) is 6.20 Å². The van der Waals surface area contributed by atoms with Crippen LogP contribution in [-0.2, 0) is 5.88 Å². The van der Waals surface area contributed by atoms with Gasteiger partial charge in [0.2, 0.25) is 0 Å². The summed E-state index contributed by atoms with van der Waals surface area (Å²) in [4.78, 5) is 3.30. The van der Waals surface area contributed by atoms with E-state index < -0.39 is 41.4 Å². The SMILES string of the molecule is Oc1cnc(CCl)c(C(F)F)c1OC(F)(F)F. The van der Waals surface area contributed by atoms with Crippen molar-refractivity contribution in [3.63, 3.8) is 0 Å². The third kappa shape index (κ3) is 3.32. The first-order chi connectivity index (χ1) is 7.76. The Labute approximate surface area is 96.8 Å². The van der Waals surface area contributed by atoms with E-state index in [4.69, 9.17) is 16.7 Å². The van der Waals surface area contributed by atoms with Gasteiger partial charge in [-0.3, -0.25) is 4.98 Å². The van der Waals surface area contributed by atoms with Gasteiger partial charge in [-0.25, -0.2) is 8.78 Å². The van der Waals surface area contributed by atoms with Crippen molar-refractivity contribution in [1.29, 1.82) is 0 Å². The molecule has 96 valence electrons. The molecular formula is C8H5ClF5NO2. The molecule has 0 atom stereocenters. The second kappa shape index (κ2) is 4.91. The van der Waals surface area contributed by atoms with Gasteiger partial charge in [-0.2, -0.15) is 0 Å². The van der Waals surface area contributed by atoms with Crippen LogP contribution in [0.5, 0.6) is 11.5 Å². The zero-order valence-electron chi connectivity index (χ0n) is 7.93. The van der Waals surface area contributed by atoms with Crippen molar-refractivity contribution in [2.24, 2.45) is 0 Å². The highest BCUT2D eigenvalue weighted by atomic mass is 35.5. The van der Waals surface area contributed by atoms with Crippen molar-refractivity contribution >= 4 is 11.6 Å². The predicted octanol–water partition coefficient (Wildman–Crippen LogP) is 3.36. The average Bonchev–Trinajstić information content (AvgIpc) is 2.18. The second-order valence-electron chi connectivity index (χ2n) is 2.82. The van der Waals surface area contributed by atoms with Crippen molar-refractivity contribution in [1.82, 2.24) is 4.98 Å². The van der Waals surface area contributed by atoms with Gasteiger partial charge in [-0.05, 0) is 0 Å². The van der Waals surface area contributed by atoms with Crippen LogP contribution in [0.2, 0.25) is 0 Å². The molecule has 1 heterocycles. The summed E-state index contributed by atoms with van der Waals surface area (Å²) in [5.74, 6) is -3.04. The number of hydrogen-bond donors (Lipinski definition) is 1. The number of hydrogen-bond acceptors (Lipinski definition) is 3. The van der Waals surface area contributed by atoms with Gasteiger partial charge in [-0.15, -0.1) is 24.8 Å². The molecule has 0 fully saturated rings. The molecule has 9 heteroatoms. The van der Waals surface area contributed by atoms with E-state index in [1.165, 1.54) is 0 Å². The first kappa shape index (κ1) is 13.8. The van der Waals surface area contributed by atoms with Crippen LogP contribution in [0.4, 0.5) is 22.0 Å². The molecule has 0 aliphatic carbocycles. The van der Waals surface area contributed by atoms with Crippen molar-refractivity contribution in [2.45, 2.75) is 18.7 Å². The molecule has 0 saturated carbocycles. The lowest BCUT2D eigenvalue weighted by Gasteiger charge is -2.15. The van der Waals surface area contributed by atoms with E-state index in [1.54, 1.807) is 0 Å². The van der Waals surface area contributed by atoms with Gasteiger partial charge in [0.1, 0.15) is 0 Å². The Hall–Kier alpha value is -1.31. The Morgan fingerprint density at radius 2 is 2.00 bits per heavy atom. The first-order valence-corrected chi connectivity index (χ1v) is 4.60. The van der Waals surface area contributed by atoms with Gasteiger partial charge in [0.25, 0.3) is 6.43 Å². The summed E-state index contributed by atoms with van der Waals surface area (Å²) in [6.45, 7) is 0. The second-order valence-corrected chi connectivity index (χ2v) is 3.08. The highest BCUT2D eigenvalue weighted by Crippen LogP contribution is 2.40. The summed E-state index contributed by atoms with van der Waals surface area (Å²) in [7, 11) is 0. The van der Waals surface area contributed by atoms with Gasteiger partial charge in [0.05, 0.1) is 23.3 Å². The molecular weight excluding hydrogens is 273 g/mol. The number of alkyl halides is 6. The molecule has 17 heavy (non-hydrogen) atoms. The van der Waals surface area contributed by atoms with E-state index in [2.05, 4.69) is 9.72 Å². The van der Waals surface area contributed by atoms with Crippen LogP contribution in [0.1, 0.15) is 17.7 Å². The van der Waals surface area contributed by atoms with E-state index >= 15 is 0 Å². The van der Waals surface area contributed by atoms with Crippen molar-refractivity contribution in [3.8, 4) is 11.5 Å². The highest BCUT2D eigenvalue weighted by Gasteiger charge is 2.36. The van der Waals surface area contributed by atoms with Gasteiger partial charge in [0.15, 0.2) is 11.5 Å². The topological polar surface area (TPSA) is 42.4 Å². The number of ether oxygens (including phenoxy) is 1. The summed E-state index contributed by atoms with van der Waals surface area (Å²) in [5.41, 5.74) is -1.66. The molecule has 1 N–H and O–H groups in total. The monoisotopic (exact) mass is 277 g/mol. The Bertz CT molecular complexity index is 410. The van der Waals surface area contributed by atoms with Crippen LogP contribution in [0.15, 0.2) is 6.20 Å². The van der Waals surface area contributed by atoms with Gasteiger partial charge >= 0.3 is 6.36 Å². The molecule has 0 radical (unpaired) electrons. The minimum absolute atomic E-state index is 0.487. The molecule has 0 bridgehead atoms. The fourth-order valence-electron chi connectivity index (χ4n) is 1.09. The lowest BCUT2D eigenvalue weighted by Crippen LogP contribution is -2.19. The lowest BCUT2D eigenvalue weighted by atomic mass is 10.2. The Balaban J connectivity index is 3.34. The summed E-state index contributed by atoms with van der Waals surface area (Å²) in [6, 6.07) is 0. The van der Waals surface area contributed by atoms with E-state index in [0.717, 1.165) is 0 Å². The smallest absolute Gasteiger partial charge is 0.503 e. The number of aromatic nitrogens is 1. The minimum Gasteiger partial charge on any atom is -0.503 e. The molecule has 3 nitrogen and oxygen atoms in total. The Kier molecular flexibility index (Phi) is 3.97. The van der Waals surface area contributed by atoms with E-state index in [1.807, 2.05) is 0 Å². The fraction of sp³-hybridized carbons (Fsp3) is 0.375. The van der Waals surface area contributed by atoms with Crippen LogP contribution in [-0.4, -0.2) is 16.5 Å². The Morgan fingerprint density at radius 1 is 1.41 bits per heavy atom. The standard InChI is InChI=1S/C8H5ClF5NO2/c9-1-3-5(7(10)11)6(4(16)2-15-3)17-8(12,13)14/h2,7,16H,1H2. The molecule has 1 aromatic rings. The number of rotatable bonds is 3. The fourth-order valence-corrected chi connectivity index (χ4v) is 1.30.